The van der Waals surface area contributed by atoms with Gasteiger partial charge in [-0.2, -0.15) is 0 Å². The first-order chi connectivity index (χ1) is 14.8. The van der Waals surface area contributed by atoms with Crippen LogP contribution in [-0.4, -0.2) is 20.6 Å². The van der Waals surface area contributed by atoms with Crippen LogP contribution in [0.2, 0.25) is 0 Å². The van der Waals surface area contributed by atoms with Crippen molar-refractivity contribution in [3.8, 4) is 0 Å². The van der Waals surface area contributed by atoms with E-state index in [4.69, 9.17) is 14.7 Å². The van der Waals surface area contributed by atoms with Crippen LogP contribution < -0.4 is 21.9 Å². The highest BCUT2D eigenvalue weighted by atomic mass is 16.5. The number of nitrogen functional groups attached to an aromatic ring is 1. The zero-order valence-corrected chi connectivity index (χ0v) is 17.9. The zero-order valence-electron chi connectivity index (χ0n) is 17.9. The van der Waals surface area contributed by atoms with Crippen LogP contribution in [0, 0.1) is 13.8 Å². The van der Waals surface area contributed by atoms with Crippen molar-refractivity contribution in [2.75, 3.05) is 10.6 Å². The maximum Gasteiger partial charge on any atom is 0.330 e. The van der Waals surface area contributed by atoms with Gasteiger partial charge in [-0.15, -0.1) is 0 Å². The normalized spacial score (nSPS) is 11.1. The van der Waals surface area contributed by atoms with E-state index in [-0.39, 0.29) is 30.4 Å². The predicted octanol–water partition coefficient (Wildman–Crippen LogP) is 2.28. The molecule has 166 valence electrons. The molecule has 0 aliphatic heterocycles. The number of rotatable bonds is 9. The van der Waals surface area contributed by atoms with Gasteiger partial charge >= 0.3 is 5.69 Å². The molecule has 0 spiro atoms. The summed E-state index contributed by atoms with van der Waals surface area (Å²) >= 11 is 0. The fraction of sp³-hybridized carbons (Fsp3) is 0.429. The Morgan fingerprint density at radius 3 is 2.71 bits per heavy atom. The summed E-state index contributed by atoms with van der Waals surface area (Å²) in [7, 11) is 0. The Kier molecular flexibility index (Phi) is 6.78. The first kappa shape index (κ1) is 22.1. The zero-order chi connectivity index (χ0) is 22.5. The van der Waals surface area contributed by atoms with Gasteiger partial charge in [0.25, 0.3) is 5.56 Å². The first-order valence-corrected chi connectivity index (χ1v) is 10.2. The monoisotopic (exact) mass is 429 g/mol. The Balaban J connectivity index is 1.98. The molecule has 0 aromatic carbocycles. The van der Waals surface area contributed by atoms with Gasteiger partial charge in [0.15, 0.2) is 5.69 Å². The second kappa shape index (κ2) is 9.50. The smallest absolute Gasteiger partial charge is 0.330 e. The van der Waals surface area contributed by atoms with Crippen molar-refractivity contribution < 1.29 is 13.7 Å². The summed E-state index contributed by atoms with van der Waals surface area (Å²) in [6.45, 7) is 5.92. The highest BCUT2D eigenvalue weighted by molar-refractivity contribution is 5.95. The van der Waals surface area contributed by atoms with Crippen molar-refractivity contribution in [1.82, 2.24) is 14.7 Å². The number of H-pyrrole nitrogens is 1. The predicted molar refractivity (Wildman–Crippen MR) is 115 cm³/mol. The van der Waals surface area contributed by atoms with E-state index < -0.39 is 11.2 Å². The molecule has 31 heavy (non-hydrogen) atoms. The van der Waals surface area contributed by atoms with E-state index in [0.717, 1.165) is 12.0 Å². The quantitative estimate of drug-likeness (QED) is 0.531. The number of amides is 1. The van der Waals surface area contributed by atoms with E-state index in [9.17, 15) is 14.4 Å². The molecule has 10 heteroatoms. The minimum absolute atomic E-state index is 0.00664. The van der Waals surface area contributed by atoms with Gasteiger partial charge in [-0.05, 0) is 38.8 Å². The van der Waals surface area contributed by atoms with Crippen LogP contribution in [0.5, 0.6) is 0 Å². The summed E-state index contributed by atoms with van der Waals surface area (Å²) in [5.74, 6) is 0.748. The Morgan fingerprint density at radius 1 is 1.32 bits per heavy atom. The molecule has 3 heterocycles. The van der Waals surface area contributed by atoms with Crippen LogP contribution in [0.1, 0.15) is 49.0 Å². The lowest BCUT2D eigenvalue weighted by molar-refractivity contribution is -0.118. The van der Waals surface area contributed by atoms with Gasteiger partial charge in [0.1, 0.15) is 17.3 Å². The second-order valence-electron chi connectivity index (χ2n) is 7.36. The summed E-state index contributed by atoms with van der Waals surface area (Å²) in [6, 6.07) is 3.39. The SMILES string of the molecule is CCCCn1c(N)c(N(Cc2ccco2)C(=O)CCc2c(C)noc2C)c(=O)[nH]c1=O. The van der Waals surface area contributed by atoms with Crippen LogP contribution in [0.3, 0.4) is 0 Å². The molecule has 0 saturated carbocycles. The molecule has 0 unspecified atom stereocenters. The van der Waals surface area contributed by atoms with Crippen LogP contribution >= 0.6 is 0 Å². The number of aryl methyl sites for hydroxylation is 2. The molecule has 0 radical (unpaired) electrons. The van der Waals surface area contributed by atoms with Gasteiger partial charge < -0.3 is 14.7 Å². The number of aromatic amines is 1. The highest BCUT2D eigenvalue weighted by Crippen LogP contribution is 2.22. The number of nitrogens with one attached hydrogen (secondary N) is 1. The number of nitrogens with two attached hydrogens (primary N) is 1. The first-order valence-electron chi connectivity index (χ1n) is 10.2. The molecule has 3 rings (SSSR count). The highest BCUT2D eigenvalue weighted by Gasteiger charge is 2.25. The van der Waals surface area contributed by atoms with Gasteiger partial charge in [-0.1, -0.05) is 18.5 Å². The lowest BCUT2D eigenvalue weighted by Crippen LogP contribution is -2.41. The fourth-order valence-corrected chi connectivity index (χ4v) is 3.45. The third-order valence-electron chi connectivity index (χ3n) is 5.18. The molecule has 0 bridgehead atoms. The van der Waals surface area contributed by atoms with Crippen molar-refractivity contribution >= 4 is 17.4 Å². The lowest BCUT2D eigenvalue weighted by atomic mass is 10.1. The van der Waals surface area contributed by atoms with Crippen molar-refractivity contribution in [1.29, 1.82) is 0 Å². The van der Waals surface area contributed by atoms with Crippen molar-refractivity contribution in [3.63, 3.8) is 0 Å². The Morgan fingerprint density at radius 2 is 2.10 bits per heavy atom. The summed E-state index contributed by atoms with van der Waals surface area (Å²) in [5.41, 5.74) is 6.42. The number of anilines is 2. The molecule has 3 aromatic rings. The van der Waals surface area contributed by atoms with Crippen LogP contribution in [0.15, 0.2) is 36.9 Å². The summed E-state index contributed by atoms with van der Waals surface area (Å²) < 4.78 is 11.8. The molecule has 0 atom stereocenters. The minimum atomic E-state index is -0.715. The third kappa shape index (κ3) is 4.79. The van der Waals surface area contributed by atoms with Gasteiger partial charge in [0, 0.05) is 18.5 Å². The van der Waals surface area contributed by atoms with E-state index in [1.807, 2.05) is 13.8 Å². The number of hydrogen-bond acceptors (Lipinski definition) is 7. The van der Waals surface area contributed by atoms with Gasteiger partial charge in [-0.25, -0.2) is 4.79 Å². The Labute approximate surface area is 178 Å². The molecule has 10 nitrogen and oxygen atoms in total. The van der Waals surface area contributed by atoms with E-state index in [2.05, 4.69) is 10.1 Å². The summed E-state index contributed by atoms with van der Waals surface area (Å²) in [5, 5.41) is 3.91. The van der Waals surface area contributed by atoms with Crippen LogP contribution in [-0.2, 0) is 24.3 Å². The number of unbranched alkanes of at least 4 members (excludes halogenated alkanes) is 1. The Hall–Kier alpha value is -3.56. The van der Waals surface area contributed by atoms with Crippen molar-refractivity contribution in [2.24, 2.45) is 0 Å². The summed E-state index contributed by atoms with van der Waals surface area (Å²) in [6.07, 6.45) is 3.51. The number of furan rings is 1. The number of carbonyl (C=O) groups is 1. The van der Waals surface area contributed by atoms with Crippen LogP contribution in [0.25, 0.3) is 0 Å². The topological polar surface area (TPSA) is 140 Å². The lowest BCUT2D eigenvalue weighted by Gasteiger charge is -2.24. The standard InChI is InChI=1S/C21H27N5O5/c1-4-5-10-25-19(22)18(20(28)23-21(25)29)26(12-15-7-6-11-30-15)17(27)9-8-16-13(2)24-31-14(16)3/h6-7,11H,4-5,8-10,12,22H2,1-3H3,(H,23,28,29). The van der Waals surface area contributed by atoms with E-state index >= 15 is 0 Å². The van der Waals surface area contributed by atoms with E-state index in [1.54, 1.807) is 19.1 Å². The molecule has 0 aliphatic rings. The average molecular weight is 429 g/mol. The molecule has 0 aliphatic carbocycles. The molecule has 1 amide bonds. The van der Waals surface area contributed by atoms with E-state index in [1.165, 1.54) is 15.7 Å². The van der Waals surface area contributed by atoms with E-state index in [0.29, 0.717) is 36.6 Å². The summed E-state index contributed by atoms with van der Waals surface area (Å²) in [4.78, 5) is 41.8. The average Bonchev–Trinajstić information content (AvgIpc) is 3.35. The molecule has 3 N–H and O–H groups in total. The molecule has 3 aromatic heterocycles. The number of carbonyl (C=O) groups excluding carboxylic acids is 1. The Bertz CT molecular complexity index is 1140. The molecule has 0 fully saturated rings. The second-order valence-corrected chi connectivity index (χ2v) is 7.36. The number of nitrogens with zero attached hydrogens (tertiary/aromatic N) is 3. The van der Waals surface area contributed by atoms with Gasteiger partial charge in [0.05, 0.1) is 18.5 Å². The third-order valence-corrected chi connectivity index (χ3v) is 5.18. The number of aromatic nitrogens is 3. The molecular formula is C21H27N5O5. The van der Waals surface area contributed by atoms with Gasteiger partial charge in [0.2, 0.25) is 5.91 Å². The molecular weight excluding hydrogens is 402 g/mol. The maximum absolute atomic E-state index is 13.2. The minimum Gasteiger partial charge on any atom is -0.467 e. The van der Waals surface area contributed by atoms with Gasteiger partial charge in [-0.3, -0.25) is 24.0 Å². The maximum atomic E-state index is 13.2. The molecule has 0 saturated heterocycles. The largest absolute Gasteiger partial charge is 0.467 e. The number of hydrogen-bond donors (Lipinski definition) is 2. The van der Waals surface area contributed by atoms with Crippen molar-refractivity contribution in [3.05, 3.63) is 62.0 Å². The fourth-order valence-electron chi connectivity index (χ4n) is 3.45. The van der Waals surface area contributed by atoms with Crippen LogP contribution in [0.4, 0.5) is 11.5 Å². The van der Waals surface area contributed by atoms with Crippen molar-refractivity contribution in [2.45, 2.75) is 59.5 Å².